The van der Waals surface area contributed by atoms with Gasteiger partial charge in [-0.1, -0.05) is 0 Å². The SMILES string of the molecule is COc1ccc(NC(=O)[C@@H](C)Nc2ccc3c(c2)NC(=O)[C@H](C)O3)cc1OC. The standard InChI is InChI=1S/C20H23N3O5/c1-11(19(24)22-14-6-8-17(26-3)18(10-14)27-4)21-13-5-7-16-15(9-13)23-20(25)12(2)28-16/h5-12,21H,1-4H3,(H,22,24)(H,23,25)/t11-,12+/m1/s1. The number of hydrogen-bond acceptors (Lipinski definition) is 6. The Balaban J connectivity index is 1.66. The molecule has 1 aliphatic heterocycles. The fourth-order valence-electron chi connectivity index (χ4n) is 2.78. The summed E-state index contributed by atoms with van der Waals surface area (Å²) in [6.45, 7) is 3.43. The highest BCUT2D eigenvalue weighted by atomic mass is 16.5. The van der Waals surface area contributed by atoms with Crippen molar-refractivity contribution in [1.29, 1.82) is 0 Å². The summed E-state index contributed by atoms with van der Waals surface area (Å²) in [5.74, 6) is 1.28. The highest BCUT2D eigenvalue weighted by Gasteiger charge is 2.24. The lowest BCUT2D eigenvalue weighted by Gasteiger charge is -2.24. The van der Waals surface area contributed by atoms with Gasteiger partial charge in [0.25, 0.3) is 5.91 Å². The largest absolute Gasteiger partial charge is 0.493 e. The summed E-state index contributed by atoms with van der Waals surface area (Å²) in [5.41, 5.74) is 1.85. The van der Waals surface area contributed by atoms with Crippen LogP contribution < -0.4 is 30.2 Å². The summed E-state index contributed by atoms with van der Waals surface area (Å²) in [6.07, 6.45) is -0.530. The monoisotopic (exact) mass is 385 g/mol. The number of amides is 2. The molecule has 0 spiro atoms. The average molecular weight is 385 g/mol. The average Bonchev–Trinajstić information content (AvgIpc) is 2.68. The molecule has 0 saturated heterocycles. The maximum atomic E-state index is 12.5. The Morgan fingerprint density at radius 3 is 2.54 bits per heavy atom. The number of fused-ring (bicyclic) bond motifs is 1. The van der Waals surface area contributed by atoms with E-state index in [-0.39, 0.29) is 11.8 Å². The quantitative estimate of drug-likeness (QED) is 0.707. The summed E-state index contributed by atoms with van der Waals surface area (Å²) >= 11 is 0. The molecule has 1 aliphatic rings. The molecule has 2 aromatic rings. The van der Waals surface area contributed by atoms with Crippen LogP contribution in [0, 0.1) is 0 Å². The maximum Gasteiger partial charge on any atom is 0.265 e. The Hall–Kier alpha value is -3.42. The van der Waals surface area contributed by atoms with Crippen LogP contribution in [0.2, 0.25) is 0 Å². The Labute approximate surface area is 163 Å². The van der Waals surface area contributed by atoms with Crippen LogP contribution in [0.4, 0.5) is 17.1 Å². The molecule has 3 rings (SSSR count). The zero-order valence-electron chi connectivity index (χ0n) is 16.2. The van der Waals surface area contributed by atoms with Crippen LogP contribution in [0.5, 0.6) is 17.2 Å². The number of hydrogen-bond donors (Lipinski definition) is 3. The van der Waals surface area contributed by atoms with E-state index in [0.717, 1.165) is 0 Å². The van der Waals surface area contributed by atoms with Crippen LogP contribution in [0.25, 0.3) is 0 Å². The number of benzene rings is 2. The number of ether oxygens (including phenoxy) is 3. The normalized spacial score (nSPS) is 16.1. The van der Waals surface area contributed by atoms with Gasteiger partial charge in [-0.15, -0.1) is 0 Å². The van der Waals surface area contributed by atoms with Gasteiger partial charge in [-0.3, -0.25) is 9.59 Å². The molecule has 8 heteroatoms. The molecule has 28 heavy (non-hydrogen) atoms. The van der Waals surface area contributed by atoms with E-state index >= 15 is 0 Å². The highest BCUT2D eigenvalue weighted by Crippen LogP contribution is 2.32. The molecular weight excluding hydrogens is 362 g/mol. The molecule has 0 radical (unpaired) electrons. The number of anilines is 3. The van der Waals surface area contributed by atoms with Crippen molar-refractivity contribution in [2.24, 2.45) is 0 Å². The van der Waals surface area contributed by atoms with Gasteiger partial charge >= 0.3 is 0 Å². The van der Waals surface area contributed by atoms with Crippen molar-refractivity contribution < 1.29 is 23.8 Å². The van der Waals surface area contributed by atoms with E-state index in [4.69, 9.17) is 14.2 Å². The van der Waals surface area contributed by atoms with Gasteiger partial charge in [-0.05, 0) is 44.2 Å². The van der Waals surface area contributed by atoms with E-state index in [1.165, 1.54) is 7.11 Å². The summed E-state index contributed by atoms with van der Waals surface area (Å²) in [7, 11) is 3.09. The van der Waals surface area contributed by atoms with Gasteiger partial charge < -0.3 is 30.2 Å². The summed E-state index contributed by atoms with van der Waals surface area (Å²) in [4.78, 5) is 24.3. The summed E-state index contributed by atoms with van der Waals surface area (Å²) < 4.78 is 16.0. The van der Waals surface area contributed by atoms with Crippen LogP contribution in [-0.2, 0) is 9.59 Å². The lowest BCUT2D eigenvalue weighted by atomic mass is 10.2. The van der Waals surface area contributed by atoms with Crippen LogP contribution in [0.3, 0.4) is 0 Å². The van der Waals surface area contributed by atoms with Gasteiger partial charge in [0.1, 0.15) is 11.8 Å². The molecule has 3 N–H and O–H groups in total. The lowest BCUT2D eigenvalue weighted by molar-refractivity contribution is -0.122. The Bertz CT molecular complexity index is 899. The molecule has 2 amide bonds. The van der Waals surface area contributed by atoms with E-state index < -0.39 is 12.1 Å². The number of rotatable bonds is 6. The van der Waals surface area contributed by atoms with E-state index in [9.17, 15) is 9.59 Å². The van der Waals surface area contributed by atoms with Gasteiger partial charge in [0.2, 0.25) is 5.91 Å². The number of carbonyl (C=O) groups is 2. The number of nitrogens with one attached hydrogen (secondary N) is 3. The second-order valence-electron chi connectivity index (χ2n) is 6.39. The number of carbonyl (C=O) groups excluding carboxylic acids is 2. The molecule has 0 aliphatic carbocycles. The third-order valence-electron chi connectivity index (χ3n) is 4.34. The van der Waals surface area contributed by atoms with Gasteiger partial charge in [0.15, 0.2) is 17.6 Å². The van der Waals surface area contributed by atoms with Gasteiger partial charge in [0, 0.05) is 17.4 Å². The second kappa shape index (κ2) is 8.08. The fraction of sp³-hybridized carbons (Fsp3) is 0.300. The molecule has 0 aromatic heterocycles. The lowest BCUT2D eigenvalue weighted by Crippen LogP contribution is -2.34. The van der Waals surface area contributed by atoms with Crippen molar-refractivity contribution >= 4 is 28.9 Å². The minimum atomic E-state index is -0.530. The predicted octanol–water partition coefficient (Wildman–Crippen LogP) is 2.86. The zero-order chi connectivity index (χ0) is 20.3. The van der Waals surface area contributed by atoms with Crippen molar-refractivity contribution in [3.05, 3.63) is 36.4 Å². The van der Waals surface area contributed by atoms with Crippen LogP contribution >= 0.6 is 0 Å². The molecule has 2 atom stereocenters. The van der Waals surface area contributed by atoms with Crippen molar-refractivity contribution in [1.82, 2.24) is 0 Å². The van der Waals surface area contributed by atoms with Crippen LogP contribution in [0.15, 0.2) is 36.4 Å². The van der Waals surface area contributed by atoms with Crippen LogP contribution in [-0.4, -0.2) is 38.2 Å². The van der Waals surface area contributed by atoms with E-state index in [2.05, 4.69) is 16.0 Å². The molecular formula is C20H23N3O5. The molecule has 0 fully saturated rings. The molecule has 0 bridgehead atoms. The predicted molar refractivity (Wildman–Crippen MR) is 106 cm³/mol. The molecule has 8 nitrogen and oxygen atoms in total. The first-order valence-electron chi connectivity index (χ1n) is 8.82. The van der Waals surface area contributed by atoms with E-state index in [1.54, 1.807) is 57.4 Å². The molecule has 148 valence electrons. The first-order valence-corrected chi connectivity index (χ1v) is 8.82. The van der Waals surface area contributed by atoms with Crippen molar-refractivity contribution in [3.63, 3.8) is 0 Å². The summed E-state index contributed by atoms with van der Waals surface area (Å²) in [5, 5.41) is 8.73. The molecule has 0 unspecified atom stereocenters. The molecule has 2 aromatic carbocycles. The zero-order valence-corrected chi connectivity index (χ0v) is 16.2. The smallest absolute Gasteiger partial charge is 0.265 e. The van der Waals surface area contributed by atoms with Crippen molar-refractivity contribution in [3.8, 4) is 17.2 Å². The molecule has 0 saturated carbocycles. The topological polar surface area (TPSA) is 97.9 Å². The van der Waals surface area contributed by atoms with Crippen molar-refractivity contribution in [2.45, 2.75) is 26.0 Å². The summed E-state index contributed by atoms with van der Waals surface area (Å²) in [6, 6.07) is 9.91. The first kappa shape index (κ1) is 19.3. The van der Waals surface area contributed by atoms with E-state index in [0.29, 0.717) is 34.3 Å². The first-order chi connectivity index (χ1) is 13.4. The van der Waals surface area contributed by atoms with Gasteiger partial charge in [0.05, 0.1) is 19.9 Å². The minimum absolute atomic E-state index is 0.205. The Morgan fingerprint density at radius 2 is 1.82 bits per heavy atom. The molecule has 1 heterocycles. The second-order valence-corrected chi connectivity index (χ2v) is 6.39. The highest BCUT2D eigenvalue weighted by molar-refractivity contribution is 5.99. The van der Waals surface area contributed by atoms with E-state index in [1.807, 2.05) is 0 Å². The minimum Gasteiger partial charge on any atom is -0.493 e. The Morgan fingerprint density at radius 1 is 1.11 bits per heavy atom. The number of methoxy groups -OCH3 is 2. The van der Waals surface area contributed by atoms with Crippen LogP contribution in [0.1, 0.15) is 13.8 Å². The van der Waals surface area contributed by atoms with Gasteiger partial charge in [-0.2, -0.15) is 0 Å². The third kappa shape index (κ3) is 4.11. The Kier molecular flexibility index (Phi) is 5.58. The van der Waals surface area contributed by atoms with Crippen molar-refractivity contribution in [2.75, 3.05) is 30.2 Å². The third-order valence-corrected chi connectivity index (χ3v) is 4.34. The fourth-order valence-corrected chi connectivity index (χ4v) is 2.78. The van der Waals surface area contributed by atoms with Gasteiger partial charge in [-0.25, -0.2) is 0 Å². The maximum absolute atomic E-state index is 12.5.